The number of phenolic OH excluding ortho intramolecular Hbond substituents is 1. The lowest BCUT2D eigenvalue weighted by Crippen LogP contribution is -2.51. The summed E-state index contributed by atoms with van der Waals surface area (Å²) in [5.74, 6) is 0.388. The summed E-state index contributed by atoms with van der Waals surface area (Å²) in [6.45, 7) is 4.18. The standard InChI is InChI=1S/C15H24N2O3/c1-5-8-15(2,16)14(19)17(3)10-11-6-7-12(18)13(9-11)20-4/h6-7,9,18H,5,8,10,16H2,1-4H3. The molecule has 1 aromatic rings. The Morgan fingerprint density at radius 2 is 2.15 bits per heavy atom. The number of amides is 1. The van der Waals surface area contributed by atoms with E-state index in [-0.39, 0.29) is 11.7 Å². The number of nitrogens with zero attached hydrogens (tertiary/aromatic N) is 1. The average Bonchev–Trinajstić information content (AvgIpc) is 2.39. The van der Waals surface area contributed by atoms with Gasteiger partial charge >= 0.3 is 0 Å². The number of rotatable bonds is 6. The van der Waals surface area contributed by atoms with E-state index in [1.807, 2.05) is 6.92 Å². The van der Waals surface area contributed by atoms with Crippen molar-refractivity contribution < 1.29 is 14.6 Å². The SMILES string of the molecule is CCCC(C)(N)C(=O)N(C)Cc1ccc(O)c(OC)c1. The number of carbonyl (C=O) groups excluding carboxylic acids is 1. The zero-order valence-corrected chi connectivity index (χ0v) is 12.6. The van der Waals surface area contributed by atoms with Crippen LogP contribution >= 0.6 is 0 Å². The lowest BCUT2D eigenvalue weighted by Gasteiger charge is -2.29. The first-order chi connectivity index (χ1) is 9.31. The normalized spacial score (nSPS) is 13.7. The Balaban J connectivity index is 2.80. The van der Waals surface area contributed by atoms with Crippen LogP contribution in [-0.2, 0) is 11.3 Å². The third-order valence-corrected chi connectivity index (χ3v) is 3.27. The highest BCUT2D eigenvalue weighted by Crippen LogP contribution is 2.27. The lowest BCUT2D eigenvalue weighted by atomic mass is 9.95. The molecule has 0 aromatic heterocycles. The van der Waals surface area contributed by atoms with Crippen molar-refractivity contribution in [3.63, 3.8) is 0 Å². The molecule has 5 heteroatoms. The molecule has 0 fully saturated rings. The van der Waals surface area contributed by atoms with Gasteiger partial charge in [-0.15, -0.1) is 0 Å². The molecule has 0 saturated heterocycles. The summed E-state index contributed by atoms with van der Waals surface area (Å²) in [6, 6.07) is 5.03. The van der Waals surface area contributed by atoms with Crippen LogP contribution < -0.4 is 10.5 Å². The van der Waals surface area contributed by atoms with Crippen molar-refractivity contribution in [3.05, 3.63) is 23.8 Å². The van der Waals surface area contributed by atoms with Gasteiger partial charge in [-0.1, -0.05) is 19.4 Å². The minimum atomic E-state index is -0.843. The second-order valence-electron chi connectivity index (χ2n) is 5.33. The number of ether oxygens (including phenoxy) is 1. The van der Waals surface area contributed by atoms with Gasteiger partial charge in [-0.2, -0.15) is 0 Å². The molecular formula is C15H24N2O3. The van der Waals surface area contributed by atoms with Crippen LogP contribution in [0, 0.1) is 0 Å². The Morgan fingerprint density at radius 1 is 1.50 bits per heavy atom. The van der Waals surface area contributed by atoms with Crippen molar-refractivity contribution in [1.29, 1.82) is 0 Å². The summed E-state index contributed by atoms with van der Waals surface area (Å²) in [4.78, 5) is 13.9. The summed E-state index contributed by atoms with van der Waals surface area (Å²) in [5.41, 5.74) is 6.08. The molecule has 1 atom stereocenters. The van der Waals surface area contributed by atoms with Crippen molar-refractivity contribution >= 4 is 5.91 Å². The van der Waals surface area contributed by atoms with Crippen LogP contribution in [0.2, 0.25) is 0 Å². The molecule has 5 nitrogen and oxygen atoms in total. The maximum atomic E-state index is 12.3. The van der Waals surface area contributed by atoms with Gasteiger partial charge in [0.2, 0.25) is 5.91 Å². The topological polar surface area (TPSA) is 75.8 Å². The molecule has 0 bridgehead atoms. The van der Waals surface area contributed by atoms with E-state index in [9.17, 15) is 9.90 Å². The Hall–Kier alpha value is -1.75. The highest BCUT2D eigenvalue weighted by atomic mass is 16.5. The van der Waals surface area contributed by atoms with E-state index in [0.29, 0.717) is 18.7 Å². The Labute approximate surface area is 120 Å². The van der Waals surface area contributed by atoms with Crippen molar-refractivity contribution in [2.24, 2.45) is 5.73 Å². The number of likely N-dealkylation sites (N-methyl/N-ethyl adjacent to an activating group) is 1. The molecule has 0 radical (unpaired) electrons. The third kappa shape index (κ3) is 3.87. The molecule has 1 rings (SSSR count). The number of hydrogen-bond acceptors (Lipinski definition) is 4. The number of nitrogens with two attached hydrogens (primary N) is 1. The highest BCUT2D eigenvalue weighted by Gasteiger charge is 2.30. The fraction of sp³-hybridized carbons (Fsp3) is 0.533. The zero-order chi connectivity index (χ0) is 15.3. The molecule has 0 aliphatic rings. The van der Waals surface area contributed by atoms with E-state index >= 15 is 0 Å². The van der Waals surface area contributed by atoms with Gasteiger partial charge in [-0.05, 0) is 31.0 Å². The van der Waals surface area contributed by atoms with E-state index in [0.717, 1.165) is 12.0 Å². The smallest absolute Gasteiger partial charge is 0.242 e. The van der Waals surface area contributed by atoms with Gasteiger partial charge in [0, 0.05) is 13.6 Å². The minimum absolute atomic E-state index is 0.0832. The monoisotopic (exact) mass is 280 g/mol. The fourth-order valence-electron chi connectivity index (χ4n) is 2.23. The number of hydrogen-bond donors (Lipinski definition) is 2. The minimum Gasteiger partial charge on any atom is -0.504 e. The summed E-state index contributed by atoms with van der Waals surface area (Å²) in [5, 5.41) is 9.55. The predicted octanol–water partition coefficient (Wildman–Crippen LogP) is 1.88. The number of carbonyl (C=O) groups is 1. The fourth-order valence-corrected chi connectivity index (χ4v) is 2.23. The molecular weight excluding hydrogens is 256 g/mol. The third-order valence-electron chi connectivity index (χ3n) is 3.27. The van der Waals surface area contributed by atoms with Gasteiger partial charge in [0.15, 0.2) is 11.5 Å². The molecule has 1 amide bonds. The molecule has 0 aliphatic carbocycles. The van der Waals surface area contributed by atoms with Crippen LogP contribution in [0.5, 0.6) is 11.5 Å². The molecule has 0 saturated carbocycles. The molecule has 1 unspecified atom stereocenters. The quantitative estimate of drug-likeness (QED) is 0.834. The second kappa shape index (κ2) is 6.61. The van der Waals surface area contributed by atoms with E-state index in [1.54, 1.807) is 37.1 Å². The van der Waals surface area contributed by atoms with Gasteiger partial charge in [0.05, 0.1) is 12.6 Å². The highest BCUT2D eigenvalue weighted by molar-refractivity contribution is 5.85. The van der Waals surface area contributed by atoms with Crippen LogP contribution in [0.3, 0.4) is 0 Å². The molecule has 3 N–H and O–H groups in total. The first-order valence-electron chi connectivity index (χ1n) is 6.72. The van der Waals surface area contributed by atoms with Crippen molar-refractivity contribution in [2.45, 2.75) is 38.8 Å². The Bertz CT molecular complexity index is 472. The molecule has 0 aliphatic heterocycles. The molecule has 112 valence electrons. The van der Waals surface area contributed by atoms with Gasteiger partial charge in [0.25, 0.3) is 0 Å². The zero-order valence-electron chi connectivity index (χ0n) is 12.6. The van der Waals surface area contributed by atoms with E-state index in [1.165, 1.54) is 7.11 Å². The molecule has 20 heavy (non-hydrogen) atoms. The van der Waals surface area contributed by atoms with Crippen molar-refractivity contribution in [1.82, 2.24) is 4.90 Å². The predicted molar refractivity (Wildman–Crippen MR) is 78.6 cm³/mol. The van der Waals surface area contributed by atoms with Gasteiger partial charge < -0.3 is 20.5 Å². The Kier molecular flexibility index (Phi) is 5.39. The first kappa shape index (κ1) is 16.3. The van der Waals surface area contributed by atoms with Gasteiger partial charge in [-0.3, -0.25) is 4.79 Å². The van der Waals surface area contributed by atoms with Crippen LogP contribution in [0.4, 0.5) is 0 Å². The number of aromatic hydroxyl groups is 1. The average molecular weight is 280 g/mol. The van der Waals surface area contributed by atoms with Crippen molar-refractivity contribution in [2.75, 3.05) is 14.2 Å². The van der Waals surface area contributed by atoms with Crippen LogP contribution in [-0.4, -0.2) is 35.6 Å². The maximum absolute atomic E-state index is 12.3. The molecule has 1 aromatic carbocycles. The number of phenols is 1. The number of benzene rings is 1. The summed E-state index contributed by atoms with van der Waals surface area (Å²) in [6.07, 6.45) is 1.51. The number of methoxy groups -OCH3 is 1. The Morgan fingerprint density at radius 3 is 2.70 bits per heavy atom. The first-order valence-corrected chi connectivity index (χ1v) is 6.72. The maximum Gasteiger partial charge on any atom is 0.242 e. The van der Waals surface area contributed by atoms with Crippen LogP contribution in [0.15, 0.2) is 18.2 Å². The van der Waals surface area contributed by atoms with Crippen LogP contribution in [0.1, 0.15) is 32.3 Å². The van der Waals surface area contributed by atoms with Crippen molar-refractivity contribution in [3.8, 4) is 11.5 Å². The second-order valence-corrected chi connectivity index (χ2v) is 5.33. The summed E-state index contributed by atoms with van der Waals surface area (Å²) in [7, 11) is 3.22. The molecule has 0 spiro atoms. The summed E-state index contributed by atoms with van der Waals surface area (Å²) >= 11 is 0. The van der Waals surface area contributed by atoms with E-state index in [4.69, 9.17) is 10.5 Å². The summed E-state index contributed by atoms with van der Waals surface area (Å²) < 4.78 is 5.06. The van der Waals surface area contributed by atoms with Crippen LogP contribution in [0.25, 0.3) is 0 Å². The van der Waals surface area contributed by atoms with Gasteiger partial charge in [-0.25, -0.2) is 0 Å². The molecule has 0 heterocycles. The van der Waals surface area contributed by atoms with E-state index in [2.05, 4.69) is 0 Å². The largest absolute Gasteiger partial charge is 0.504 e. The van der Waals surface area contributed by atoms with E-state index < -0.39 is 5.54 Å². The van der Waals surface area contributed by atoms with Gasteiger partial charge in [0.1, 0.15) is 0 Å². The lowest BCUT2D eigenvalue weighted by molar-refractivity contribution is -0.135.